The molecular formula is C13H17NO6S2. The molecule has 1 saturated heterocycles. The second-order valence-corrected chi connectivity index (χ2v) is 7.74. The molecule has 7 nitrogen and oxygen atoms in total. The van der Waals surface area contributed by atoms with Crippen molar-refractivity contribution in [3.63, 3.8) is 0 Å². The number of thiophene rings is 1. The Labute approximate surface area is 132 Å². The molecule has 1 unspecified atom stereocenters. The number of esters is 1. The minimum absolute atomic E-state index is 0.0188. The van der Waals surface area contributed by atoms with E-state index in [1.807, 2.05) is 0 Å². The van der Waals surface area contributed by atoms with Crippen LogP contribution in [-0.4, -0.2) is 49.5 Å². The van der Waals surface area contributed by atoms with Crippen LogP contribution in [0, 0.1) is 6.92 Å². The number of carboxylic acid groups (broad SMARTS) is 1. The number of rotatable bonds is 4. The molecule has 22 heavy (non-hydrogen) atoms. The minimum Gasteiger partial charge on any atom is -0.480 e. The fraction of sp³-hybridized carbons (Fsp3) is 0.538. The van der Waals surface area contributed by atoms with Crippen molar-refractivity contribution in [1.82, 2.24) is 4.31 Å². The van der Waals surface area contributed by atoms with Crippen LogP contribution in [0.3, 0.4) is 0 Å². The number of carbonyl (C=O) groups excluding carboxylic acids is 1. The molecule has 0 aliphatic carbocycles. The number of methoxy groups -OCH3 is 1. The number of ether oxygens (including phenoxy) is 1. The third-order valence-corrected chi connectivity index (χ3v) is 6.90. The molecule has 2 rings (SSSR count). The van der Waals surface area contributed by atoms with Crippen LogP contribution in [0.15, 0.2) is 10.3 Å². The van der Waals surface area contributed by atoms with Crippen LogP contribution in [0.2, 0.25) is 0 Å². The lowest BCUT2D eigenvalue weighted by Crippen LogP contribution is -2.48. The topological polar surface area (TPSA) is 101 Å². The van der Waals surface area contributed by atoms with Crippen molar-refractivity contribution in [2.24, 2.45) is 0 Å². The Hall–Kier alpha value is -1.45. The van der Waals surface area contributed by atoms with Gasteiger partial charge in [-0.3, -0.25) is 4.79 Å². The largest absolute Gasteiger partial charge is 0.480 e. The van der Waals surface area contributed by atoms with Crippen molar-refractivity contribution in [1.29, 1.82) is 0 Å². The lowest BCUT2D eigenvalue weighted by Gasteiger charge is -2.32. The molecule has 0 aromatic carbocycles. The number of piperidine rings is 1. The van der Waals surface area contributed by atoms with Crippen LogP contribution in [0.25, 0.3) is 0 Å². The smallest absolute Gasteiger partial charge is 0.349 e. The van der Waals surface area contributed by atoms with Crippen molar-refractivity contribution in [2.45, 2.75) is 37.1 Å². The van der Waals surface area contributed by atoms with Gasteiger partial charge < -0.3 is 9.84 Å². The monoisotopic (exact) mass is 347 g/mol. The molecule has 122 valence electrons. The molecule has 1 aliphatic heterocycles. The van der Waals surface area contributed by atoms with Crippen molar-refractivity contribution in [2.75, 3.05) is 13.7 Å². The minimum atomic E-state index is -4.07. The highest BCUT2D eigenvalue weighted by molar-refractivity contribution is 7.89. The highest BCUT2D eigenvalue weighted by Gasteiger charge is 2.40. The van der Waals surface area contributed by atoms with Gasteiger partial charge in [0.1, 0.15) is 15.8 Å². The van der Waals surface area contributed by atoms with Crippen molar-refractivity contribution in [3.8, 4) is 0 Å². The summed E-state index contributed by atoms with van der Waals surface area (Å²) < 4.78 is 31.4. The summed E-state index contributed by atoms with van der Waals surface area (Å²) in [6, 6.07) is -1.09. The number of hydrogen-bond acceptors (Lipinski definition) is 6. The van der Waals surface area contributed by atoms with Gasteiger partial charge in [0.15, 0.2) is 0 Å². The van der Waals surface area contributed by atoms with Crippen LogP contribution in [-0.2, 0) is 19.6 Å². The molecule has 1 fully saturated rings. The molecule has 1 aromatic heterocycles. The van der Waals surface area contributed by atoms with E-state index in [0.717, 1.165) is 15.6 Å². The third kappa shape index (κ3) is 2.88. The third-order valence-electron chi connectivity index (χ3n) is 3.59. The Morgan fingerprint density at radius 3 is 2.68 bits per heavy atom. The van der Waals surface area contributed by atoms with Crippen molar-refractivity contribution in [3.05, 3.63) is 15.8 Å². The number of hydrogen-bond donors (Lipinski definition) is 1. The van der Waals surface area contributed by atoms with Gasteiger partial charge in [0, 0.05) is 6.54 Å². The summed E-state index contributed by atoms with van der Waals surface area (Å²) in [6.45, 7) is 1.71. The van der Waals surface area contributed by atoms with E-state index in [1.165, 1.54) is 7.11 Å². The number of sulfonamides is 1. The molecule has 0 radical (unpaired) electrons. The first-order valence-electron chi connectivity index (χ1n) is 6.71. The zero-order valence-corrected chi connectivity index (χ0v) is 13.9. The highest BCUT2D eigenvalue weighted by atomic mass is 32.2. The number of carbonyl (C=O) groups is 2. The predicted octanol–water partition coefficient (Wildman–Crippen LogP) is 1.47. The van der Waals surface area contributed by atoms with E-state index in [4.69, 9.17) is 0 Å². The van der Waals surface area contributed by atoms with Crippen LogP contribution >= 0.6 is 11.3 Å². The Morgan fingerprint density at radius 2 is 2.09 bits per heavy atom. The van der Waals surface area contributed by atoms with E-state index in [-0.39, 0.29) is 22.7 Å². The van der Waals surface area contributed by atoms with Gasteiger partial charge in [0.05, 0.1) is 7.11 Å². The molecule has 0 spiro atoms. The molecule has 1 aromatic rings. The zero-order valence-electron chi connectivity index (χ0n) is 12.2. The molecule has 1 aliphatic rings. The second-order valence-electron chi connectivity index (χ2n) is 5.03. The first kappa shape index (κ1) is 16.9. The Kier molecular flexibility index (Phi) is 4.88. The normalized spacial score (nSPS) is 19.8. The highest BCUT2D eigenvalue weighted by Crippen LogP contribution is 2.33. The van der Waals surface area contributed by atoms with Gasteiger partial charge in [0.2, 0.25) is 10.0 Å². The molecule has 0 saturated carbocycles. The zero-order chi connectivity index (χ0) is 16.5. The fourth-order valence-corrected chi connectivity index (χ4v) is 5.86. The quantitative estimate of drug-likeness (QED) is 0.828. The maximum Gasteiger partial charge on any atom is 0.349 e. The first-order valence-corrected chi connectivity index (χ1v) is 9.03. The van der Waals surface area contributed by atoms with Gasteiger partial charge in [-0.1, -0.05) is 0 Å². The van der Waals surface area contributed by atoms with Crippen LogP contribution in [0.5, 0.6) is 0 Å². The van der Waals surface area contributed by atoms with E-state index in [1.54, 1.807) is 12.3 Å². The number of aliphatic carboxylic acids is 1. The predicted molar refractivity (Wildman–Crippen MR) is 79.6 cm³/mol. The Morgan fingerprint density at radius 1 is 1.41 bits per heavy atom. The lowest BCUT2D eigenvalue weighted by atomic mass is 10.1. The van der Waals surface area contributed by atoms with Crippen molar-refractivity contribution < 1.29 is 27.9 Å². The molecule has 9 heteroatoms. The summed E-state index contributed by atoms with van der Waals surface area (Å²) in [5, 5.41) is 10.8. The Bertz CT molecular complexity index is 693. The first-order chi connectivity index (χ1) is 10.3. The summed E-state index contributed by atoms with van der Waals surface area (Å²) >= 11 is 0.982. The average molecular weight is 347 g/mol. The fourth-order valence-electron chi connectivity index (χ4n) is 2.54. The number of nitrogens with zero attached hydrogens (tertiary/aromatic N) is 1. The standard InChI is InChI=1S/C13H17NO6S2/c1-8-7-21-10(13(17)20-2)11(8)22(18,19)14-6-4-3-5-9(14)12(15)16/h7,9H,3-6H2,1-2H3,(H,15,16). The summed E-state index contributed by atoms with van der Waals surface area (Å²) in [6.07, 6.45) is 1.53. The maximum absolute atomic E-state index is 12.9. The van der Waals surface area contributed by atoms with Gasteiger partial charge in [-0.25, -0.2) is 13.2 Å². The molecule has 0 bridgehead atoms. The van der Waals surface area contributed by atoms with Gasteiger partial charge in [-0.15, -0.1) is 11.3 Å². The summed E-state index contributed by atoms with van der Waals surface area (Å²) in [4.78, 5) is 23.0. The molecular weight excluding hydrogens is 330 g/mol. The summed E-state index contributed by atoms with van der Waals surface area (Å²) in [5.41, 5.74) is 0.417. The van der Waals surface area contributed by atoms with Crippen molar-refractivity contribution >= 4 is 33.3 Å². The maximum atomic E-state index is 12.9. The number of carboxylic acids is 1. The van der Waals surface area contributed by atoms with Crippen LogP contribution in [0.1, 0.15) is 34.5 Å². The summed E-state index contributed by atoms with van der Waals surface area (Å²) in [7, 11) is -2.89. The molecule has 1 N–H and O–H groups in total. The molecule has 2 heterocycles. The van der Waals surface area contributed by atoms with E-state index < -0.39 is 28.0 Å². The van der Waals surface area contributed by atoms with Gasteiger partial charge >= 0.3 is 11.9 Å². The van der Waals surface area contributed by atoms with Gasteiger partial charge in [-0.05, 0) is 37.1 Å². The molecule has 0 amide bonds. The average Bonchev–Trinajstić information content (AvgIpc) is 2.88. The second kappa shape index (κ2) is 6.35. The number of aryl methyl sites for hydroxylation is 1. The van der Waals surface area contributed by atoms with E-state index in [0.29, 0.717) is 18.4 Å². The lowest BCUT2D eigenvalue weighted by molar-refractivity contribution is -0.142. The Balaban J connectivity index is 2.52. The summed E-state index contributed by atoms with van der Waals surface area (Å²) in [5.74, 6) is -1.91. The van der Waals surface area contributed by atoms with Gasteiger partial charge in [-0.2, -0.15) is 4.31 Å². The van der Waals surface area contributed by atoms with E-state index in [9.17, 15) is 23.1 Å². The van der Waals surface area contributed by atoms with Crippen LogP contribution < -0.4 is 0 Å². The van der Waals surface area contributed by atoms with Crippen LogP contribution in [0.4, 0.5) is 0 Å². The molecule has 1 atom stereocenters. The van der Waals surface area contributed by atoms with E-state index in [2.05, 4.69) is 4.74 Å². The SMILES string of the molecule is COC(=O)c1scc(C)c1S(=O)(=O)N1CCCCC1C(=O)O. The van der Waals surface area contributed by atoms with E-state index >= 15 is 0 Å². The van der Waals surface area contributed by atoms with Gasteiger partial charge in [0.25, 0.3) is 0 Å².